The summed E-state index contributed by atoms with van der Waals surface area (Å²) in [5.41, 5.74) is 4.98. The normalized spacial score (nSPS) is 34.2. The van der Waals surface area contributed by atoms with Crippen molar-refractivity contribution in [3.8, 4) is 0 Å². The monoisotopic (exact) mass is 242 g/mol. The molecule has 4 heteroatoms. The molecule has 0 aromatic rings. The van der Waals surface area contributed by atoms with Gasteiger partial charge in [-0.1, -0.05) is 13.8 Å². The molecule has 2 saturated carbocycles. The van der Waals surface area contributed by atoms with E-state index in [4.69, 9.17) is 10.5 Å². The van der Waals surface area contributed by atoms with Crippen molar-refractivity contribution in [2.45, 2.75) is 65.1 Å². The predicted octanol–water partition coefficient (Wildman–Crippen LogP) is 2.27. The Morgan fingerprint density at radius 2 is 1.65 bits per heavy atom. The Morgan fingerprint density at radius 3 is 1.88 bits per heavy atom. The molecule has 2 aliphatic carbocycles. The van der Waals surface area contributed by atoms with Gasteiger partial charge in [0.1, 0.15) is 5.60 Å². The molecule has 0 saturated heterocycles. The second kappa shape index (κ2) is 5.25. The number of rotatable bonds is 1. The summed E-state index contributed by atoms with van der Waals surface area (Å²) in [6.45, 7) is 9.88. The van der Waals surface area contributed by atoms with Crippen molar-refractivity contribution in [3.05, 3.63) is 0 Å². The lowest BCUT2D eigenvalue weighted by Gasteiger charge is -2.19. The van der Waals surface area contributed by atoms with Crippen LogP contribution in [0, 0.1) is 11.8 Å². The summed E-state index contributed by atoms with van der Waals surface area (Å²) in [5, 5.41) is 2.80. The highest BCUT2D eigenvalue weighted by Crippen LogP contribution is 2.29. The lowest BCUT2D eigenvalue weighted by Crippen LogP contribution is -2.34. The van der Waals surface area contributed by atoms with E-state index in [2.05, 4.69) is 19.2 Å². The van der Waals surface area contributed by atoms with Gasteiger partial charge in [-0.05, 0) is 45.4 Å². The molecule has 3 N–H and O–H groups in total. The first-order valence-corrected chi connectivity index (χ1v) is 6.44. The van der Waals surface area contributed by atoms with E-state index in [-0.39, 0.29) is 11.7 Å². The van der Waals surface area contributed by atoms with Crippen molar-refractivity contribution in [2.75, 3.05) is 0 Å². The zero-order chi connectivity index (χ0) is 13.2. The van der Waals surface area contributed by atoms with E-state index < -0.39 is 0 Å². The summed E-state index contributed by atoms with van der Waals surface area (Å²) in [5.74, 6) is 1.45. The highest BCUT2D eigenvalue weighted by molar-refractivity contribution is 5.68. The lowest BCUT2D eigenvalue weighted by molar-refractivity contribution is 0.0521. The number of ether oxygens (including phenoxy) is 1. The number of alkyl carbamates (subject to hydrolysis) is 1. The van der Waals surface area contributed by atoms with Gasteiger partial charge < -0.3 is 15.8 Å². The van der Waals surface area contributed by atoms with Crippen LogP contribution in [-0.2, 0) is 4.74 Å². The number of hydrogen-bond donors (Lipinski definition) is 2. The minimum Gasteiger partial charge on any atom is -0.444 e. The van der Waals surface area contributed by atoms with E-state index in [1.807, 2.05) is 20.8 Å². The van der Waals surface area contributed by atoms with E-state index in [1.165, 1.54) is 6.42 Å². The Kier molecular flexibility index (Phi) is 4.42. The smallest absolute Gasteiger partial charge is 0.407 e. The third kappa shape index (κ3) is 6.51. The average molecular weight is 242 g/mol. The summed E-state index contributed by atoms with van der Waals surface area (Å²) in [4.78, 5) is 11.1. The molecular formula is C13H26N2O2. The van der Waals surface area contributed by atoms with E-state index >= 15 is 0 Å². The molecule has 0 aromatic carbocycles. The molecule has 0 bridgehead atoms. The SMILES string of the molecule is CC1CC1N.CC1CC1NC(=O)OC(C)(C)C. The molecule has 0 spiro atoms. The van der Waals surface area contributed by atoms with Gasteiger partial charge in [0.25, 0.3) is 0 Å². The third-order valence-corrected chi connectivity index (χ3v) is 2.98. The molecule has 100 valence electrons. The van der Waals surface area contributed by atoms with Crippen LogP contribution in [0.25, 0.3) is 0 Å². The summed E-state index contributed by atoms with van der Waals surface area (Å²) in [6.07, 6.45) is 2.04. The van der Waals surface area contributed by atoms with Crippen molar-refractivity contribution < 1.29 is 9.53 Å². The highest BCUT2D eigenvalue weighted by Gasteiger charge is 2.35. The molecule has 1 amide bonds. The van der Waals surface area contributed by atoms with Crippen molar-refractivity contribution in [1.29, 1.82) is 0 Å². The minimum atomic E-state index is -0.387. The molecule has 0 heterocycles. The van der Waals surface area contributed by atoms with Crippen molar-refractivity contribution >= 4 is 6.09 Å². The van der Waals surface area contributed by atoms with Gasteiger partial charge in [0.15, 0.2) is 0 Å². The lowest BCUT2D eigenvalue weighted by atomic mass is 10.2. The third-order valence-electron chi connectivity index (χ3n) is 2.98. The quantitative estimate of drug-likeness (QED) is 0.741. The first-order valence-electron chi connectivity index (χ1n) is 6.44. The zero-order valence-corrected chi connectivity index (χ0v) is 11.6. The van der Waals surface area contributed by atoms with E-state index in [9.17, 15) is 4.79 Å². The maximum atomic E-state index is 11.1. The first kappa shape index (κ1) is 14.3. The van der Waals surface area contributed by atoms with Crippen molar-refractivity contribution in [2.24, 2.45) is 17.6 Å². The van der Waals surface area contributed by atoms with Crippen LogP contribution in [0.1, 0.15) is 47.5 Å². The van der Waals surface area contributed by atoms with Crippen LogP contribution < -0.4 is 11.1 Å². The Labute approximate surface area is 104 Å². The van der Waals surface area contributed by atoms with Crippen LogP contribution in [-0.4, -0.2) is 23.8 Å². The van der Waals surface area contributed by atoms with Gasteiger partial charge >= 0.3 is 6.09 Å². The fourth-order valence-electron chi connectivity index (χ4n) is 1.33. The Balaban J connectivity index is 0.000000239. The molecule has 4 atom stereocenters. The molecule has 2 rings (SSSR count). The van der Waals surface area contributed by atoms with Gasteiger partial charge in [-0.15, -0.1) is 0 Å². The molecule has 0 aliphatic heterocycles. The summed E-state index contributed by atoms with van der Waals surface area (Å²) in [7, 11) is 0. The maximum absolute atomic E-state index is 11.1. The fraction of sp³-hybridized carbons (Fsp3) is 0.923. The van der Waals surface area contributed by atoms with Crippen LogP contribution in [0.4, 0.5) is 4.79 Å². The van der Waals surface area contributed by atoms with Crippen molar-refractivity contribution in [3.63, 3.8) is 0 Å². The number of nitrogens with two attached hydrogens (primary N) is 1. The zero-order valence-electron chi connectivity index (χ0n) is 11.6. The number of hydrogen-bond acceptors (Lipinski definition) is 3. The predicted molar refractivity (Wildman–Crippen MR) is 68.7 cm³/mol. The van der Waals surface area contributed by atoms with E-state index in [0.29, 0.717) is 18.0 Å². The topological polar surface area (TPSA) is 64.3 Å². The first-order chi connectivity index (χ1) is 7.69. The minimum absolute atomic E-state index is 0.295. The Hall–Kier alpha value is -0.770. The molecule has 0 aromatic heterocycles. The van der Waals surface area contributed by atoms with Gasteiger partial charge in [-0.3, -0.25) is 0 Å². The van der Waals surface area contributed by atoms with E-state index in [1.54, 1.807) is 0 Å². The summed E-state index contributed by atoms with van der Waals surface area (Å²) in [6, 6.07) is 0.898. The van der Waals surface area contributed by atoms with Gasteiger partial charge in [-0.25, -0.2) is 4.79 Å². The molecule has 0 radical (unpaired) electrons. The highest BCUT2D eigenvalue weighted by atomic mass is 16.6. The summed E-state index contributed by atoms with van der Waals surface area (Å²) < 4.78 is 5.09. The largest absolute Gasteiger partial charge is 0.444 e. The number of carbonyl (C=O) groups excluding carboxylic acids is 1. The summed E-state index contributed by atoms with van der Waals surface area (Å²) >= 11 is 0. The van der Waals surface area contributed by atoms with Gasteiger partial charge in [0.05, 0.1) is 0 Å². The molecule has 2 aliphatic rings. The second-order valence-electron chi connectivity index (χ2n) is 6.34. The number of amides is 1. The standard InChI is InChI=1S/C9H17NO2.C4H9N/c1-6-5-7(6)10-8(11)12-9(2,3)4;1-3-2-4(3)5/h6-7H,5H2,1-4H3,(H,10,11);3-4H,2,5H2,1H3. The van der Waals surface area contributed by atoms with Crippen molar-refractivity contribution in [1.82, 2.24) is 5.32 Å². The van der Waals surface area contributed by atoms with Gasteiger partial charge in [-0.2, -0.15) is 0 Å². The molecule has 17 heavy (non-hydrogen) atoms. The maximum Gasteiger partial charge on any atom is 0.407 e. The molecule has 4 nitrogen and oxygen atoms in total. The number of carbonyl (C=O) groups is 1. The molecule has 4 unspecified atom stereocenters. The van der Waals surface area contributed by atoms with Crippen LogP contribution in [0.5, 0.6) is 0 Å². The Bertz CT molecular complexity index is 267. The van der Waals surface area contributed by atoms with Crippen LogP contribution in [0.15, 0.2) is 0 Å². The van der Waals surface area contributed by atoms with Crippen LogP contribution in [0.3, 0.4) is 0 Å². The van der Waals surface area contributed by atoms with Gasteiger partial charge in [0, 0.05) is 12.1 Å². The molecule has 2 fully saturated rings. The van der Waals surface area contributed by atoms with E-state index in [0.717, 1.165) is 12.3 Å². The molecular weight excluding hydrogens is 216 g/mol. The average Bonchev–Trinajstić information content (AvgIpc) is 2.94. The Morgan fingerprint density at radius 1 is 1.24 bits per heavy atom. The fourth-order valence-corrected chi connectivity index (χ4v) is 1.33. The van der Waals surface area contributed by atoms with Crippen LogP contribution >= 0.6 is 0 Å². The van der Waals surface area contributed by atoms with Gasteiger partial charge in [0.2, 0.25) is 0 Å². The second-order valence-corrected chi connectivity index (χ2v) is 6.34. The van der Waals surface area contributed by atoms with Crippen LogP contribution in [0.2, 0.25) is 0 Å². The number of nitrogens with one attached hydrogen (secondary N) is 1.